The molecule has 0 aliphatic carbocycles. The molecule has 0 radical (unpaired) electrons. The van der Waals surface area contributed by atoms with E-state index in [4.69, 9.17) is 5.26 Å². The molecule has 3 nitrogen and oxygen atoms in total. The van der Waals surface area contributed by atoms with Crippen molar-refractivity contribution in [3.8, 4) is 6.07 Å². The first-order valence-electron chi connectivity index (χ1n) is 3.28. The van der Waals surface area contributed by atoms with E-state index >= 15 is 0 Å². The van der Waals surface area contributed by atoms with Gasteiger partial charge in [-0.15, -0.1) is 0 Å². The Morgan fingerprint density at radius 1 is 1.50 bits per heavy atom. The first-order chi connectivity index (χ1) is 5.74. The van der Waals surface area contributed by atoms with E-state index in [2.05, 4.69) is 0 Å². The fourth-order valence-electron chi connectivity index (χ4n) is 0.882. The van der Waals surface area contributed by atoms with E-state index in [0.29, 0.717) is 11.1 Å². The summed E-state index contributed by atoms with van der Waals surface area (Å²) >= 11 is -2.13. The SMILES string of the molecule is N#Cc1ccccc1CS(=O)[O-]. The van der Waals surface area contributed by atoms with Gasteiger partial charge in [0.25, 0.3) is 0 Å². The third kappa shape index (κ3) is 2.16. The third-order valence-electron chi connectivity index (χ3n) is 1.41. The number of nitriles is 1. The average Bonchev–Trinajstić information content (AvgIpc) is 2.04. The van der Waals surface area contributed by atoms with Crippen LogP contribution in [-0.4, -0.2) is 8.76 Å². The molecule has 0 fully saturated rings. The smallest absolute Gasteiger partial charge is 0.0994 e. The molecule has 1 aromatic rings. The summed E-state index contributed by atoms with van der Waals surface area (Å²) in [5.74, 6) is -0.0935. The molecule has 1 atom stereocenters. The molecule has 0 aliphatic rings. The van der Waals surface area contributed by atoms with Crippen LogP contribution in [0.15, 0.2) is 24.3 Å². The predicted octanol–water partition coefficient (Wildman–Crippen LogP) is 0.937. The summed E-state index contributed by atoms with van der Waals surface area (Å²) in [5.41, 5.74) is 0.968. The predicted molar refractivity (Wildman–Crippen MR) is 43.8 cm³/mol. The Kier molecular flexibility index (Phi) is 2.97. The van der Waals surface area contributed by atoms with Gasteiger partial charge in [-0.2, -0.15) is 5.26 Å². The van der Waals surface area contributed by atoms with E-state index in [-0.39, 0.29) is 5.75 Å². The number of nitrogens with zero attached hydrogens (tertiary/aromatic N) is 1. The van der Waals surface area contributed by atoms with Crippen molar-refractivity contribution < 1.29 is 8.76 Å². The summed E-state index contributed by atoms with van der Waals surface area (Å²) < 4.78 is 20.7. The molecule has 0 saturated heterocycles. The normalized spacial score (nSPS) is 12.0. The van der Waals surface area contributed by atoms with Gasteiger partial charge in [-0.25, -0.2) is 0 Å². The van der Waals surface area contributed by atoms with Crippen LogP contribution in [0.25, 0.3) is 0 Å². The van der Waals surface area contributed by atoms with Crippen molar-refractivity contribution in [3.05, 3.63) is 35.4 Å². The van der Waals surface area contributed by atoms with Crippen molar-refractivity contribution in [2.24, 2.45) is 0 Å². The molecule has 1 rings (SSSR count). The molecule has 0 N–H and O–H groups in total. The molecule has 0 amide bonds. The summed E-state index contributed by atoms with van der Waals surface area (Å²) in [6.45, 7) is 0. The fourth-order valence-corrected chi connectivity index (χ4v) is 1.39. The minimum Gasteiger partial charge on any atom is -0.772 e. The van der Waals surface area contributed by atoms with Crippen molar-refractivity contribution in [3.63, 3.8) is 0 Å². The van der Waals surface area contributed by atoms with Crippen LogP contribution in [0.5, 0.6) is 0 Å². The first kappa shape index (κ1) is 8.91. The largest absolute Gasteiger partial charge is 0.772 e. The van der Waals surface area contributed by atoms with Crippen LogP contribution in [0, 0.1) is 11.3 Å². The second-order valence-corrected chi connectivity index (χ2v) is 3.11. The van der Waals surface area contributed by atoms with Gasteiger partial charge >= 0.3 is 0 Å². The molecule has 0 bridgehead atoms. The Bertz CT molecular complexity index is 343. The minimum atomic E-state index is -2.13. The minimum absolute atomic E-state index is 0.0935. The first-order valence-corrected chi connectivity index (χ1v) is 4.52. The van der Waals surface area contributed by atoms with E-state index in [0.717, 1.165) is 0 Å². The average molecular weight is 180 g/mol. The molecular weight excluding hydrogens is 174 g/mol. The van der Waals surface area contributed by atoms with Crippen molar-refractivity contribution in [1.29, 1.82) is 5.26 Å². The molecule has 0 saturated carbocycles. The van der Waals surface area contributed by atoms with Crippen molar-refractivity contribution in [2.75, 3.05) is 0 Å². The summed E-state index contributed by atoms with van der Waals surface area (Å²) in [6, 6.07) is 8.58. The van der Waals surface area contributed by atoms with E-state index < -0.39 is 11.1 Å². The lowest BCUT2D eigenvalue weighted by atomic mass is 10.1. The van der Waals surface area contributed by atoms with Crippen LogP contribution in [0.1, 0.15) is 11.1 Å². The zero-order chi connectivity index (χ0) is 8.97. The number of hydrogen-bond donors (Lipinski definition) is 0. The van der Waals surface area contributed by atoms with Gasteiger partial charge in [0.15, 0.2) is 0 Å². The molecule has 0 spiro atoms. The summed E-state index contributed by atoms with van der Waals surface area (Å²) in [5, 5.41) is 8.58. The highest BCUT2D eigenvalue weighted by Crippen LogP contribution is 2.08. The molecule has 4 heteroatoms. The van der Waals surface area contributed by atoms with Gasteiger partial charge in [0.2, 0.25) is 0 Å². The summed E-state index contributed by atoms with van der Waals surface area (Å²) in [7, 11) is 0. The lowest BCUT2D eigenvalue weighted by molar-refractivity contribution is 0.536. The van der Waals surface area contributed by atoms with Crippen molar-refractivity contribution >= 4 is 11.1 Å². The quantitative estimate of drug-likeness (QED) is 0.636. The summed E-state index contributed by atoms with van der Waals surface area (Å²) in [6.07, 6.45) is 0. The van der Waals surface area contributed by atoms with E-state index in [1.165, 1.54) is 0 Å². The van der Waals surface area contributed by atoms with Gasteiger partial charge in [0, 0.05) is 5.75 Å². The van der Waals surface area contributed by atoms with Crippen LogP contribution in [0.3, 0.4) is 0 Å². The lowest BCUT2D eigenvalue weighted by Gasteiger charge is -2.05. The molecule has 0 heterocycles. The van der Waals surface area contributed by atoms with Crippen molar-refractivity contribution in [2.45, 2.75) is 5.75 Å². The molecule has 62 valence electrons. The van der Waals surface area contributed by atoms with Gasteiger partial charge in [-0.3, -0.25) is 4.21 Å². The Morgan fingerprint density at radius 2 is 2.17 bits per heavy atom. The molecule has 12 heavy (non-hydrogen) atoms. The third-order valence-corrected chi connectivity index (χ3v) is 1.96. The van der Waals surface area contributed by atoms with E-state index in [9.17, 15) is 8.76 Å². The number of benzene rings is 1. The Labute approximate surface area is 72.9 Å². The van der Waals surface area contributed by atoms with Gasteiger partial charge < -0.3 is 4.55 Å². The molecule has 1 aromatic carbocycles. The van der Waals surface area contributed by atoms with Crippen molar-refractivity contribution in [1.82, 2.24) is 0 Å². The molecule has 0 aliphatic heterocycles. The summed E-state index contributed by atoms with van der Waals surface area (Å²) in [4.78, 5) is 0. The molecule has 0 aromatic heterocycles. The lowest BCUT2D eigenvalue weighted by Crippen LogP contribution is -1.95. The Morgan fingerprint density at radius 3 is 2.75 bits per heavy atom. The standard InChI is InChI=1S/C8H7NO2S/c9-5-7-3-1-2-4-8(7)6-12(10)11/h1-4H,6H2,(H,10,11)/p-1. The van der Waals surface area contributed by atoms with Gasteiger partial charge in [-0.1, -0.05) is 29.3 Å². The van der Waals surface area contributed by atoms with Crippen LogP contribution < -0.4 is 0 Å². The topological polar surface area (TPSA) is 63.9 Å². The Balaban J connectivity index is 2.99. The maximum Gasteiger partial charge on any atom is 0.0994 e. The van der Waals surface area contributed by atoms with Gasteiger partial charge in [0.05, 0.1) is 11.6 Å². The highest BCUT2D eigenvalue weighted by Gasteiger charge is 1.98. The molecule has 1 unspecified atom stereocenters. The monoisotopic (exact) mass is 180 g/mol. The zero-order valence-electron chi connectivity index (χ0n) is 6.19. The van der Waals surface area contributed by atoms with Crippen LogP contribution in [-0.2, 0) is 16.8 Å². The number of hydrogen-bond acceptors (Lipinski definition) is 3. The van der Waals surface area contributed by atoms with Crippen LogP contribution in [0.2, 0.25) is 0 Å². The van der Waals surface area contributed by atoms with E-state index in [1.807, 2.05) is 6.07 Å². The second-order valence-electron chi connectivity index (χ2n) is 2.22. The number of rotatable bonds is 2. The highest BCUT2D eigenvalue weighted by molar-refractivity contribution is 7.78. The maximum absolute atomic E-state index is 10.3. The van der Waals surface area contributed by atoms with E-state index in [1.54, 1.807) is 24.3 Å². The van der Waals surface area contributed by atoms with Gasteiger partial charge in [-0.05, 0) is 11.6 Å². The Hall–Kier alpha value is -1.18. The fraction of sp³-hybridized carbons (Fsp3) is 0.125. The second kappa shape index (κ2) is 4.00. The molecular formula is C8H6NO2S-. The zero-order valence-corrected chi connectivity index (χ0v) is 7.00. The van der Waals surface area contributed by atoms with Crippen LogP contribution >= 0.6 is 0 Å². The maximum atomic E-state index is 10.3. The van der Waals surface area contributed by atoms with Gasteiger partial charge in [0.1, 0.15) is 0 Å². The van der Waals surface area contributed by atoms with Crippen LogP contribution in [0.4, 0.5) is 0 Å². The highest BCUT2D eigenvalue weighted by atomic mass is 32.2.